The Bertz CT molecular complexity index is 1520. The Balaban J connectivity index is 1.73. The van der Waals surface area contributed by atoms with Gasteiger partial charge in [0.25, 0.3) is 5.91 Å². The number of nitrogens with one attached hydrogen (secondary N) is 1. The maximum Gasteiger partial charge on any atom is 0.256 e. The number of aromatic nitrogens is 1. The van der Waals surface area contributed by atoms with Crippen LogP contribution in [0.15, 0.2) is 88.8 Å². The van der Waals surface area contributed by atoms with Gasteiger partial charge in [-0.05, 0) is 90.5 Å². The molecule has 4 rings (SSSR count). The molecule has 0 saturated heterocycles. The normalized spacial score (nSPS) is 11.3. The van der Waals surface area contributed by atoms with Crippen LogP contribution in [0.25, 0.3) is 22.4 Å². The second kappa shape index (κ2) is 10.2. The monoisotopic (exact) mass is 522 g/mol. The zero-order valence-corrected chi connectivity index (χ0v) is 21.8. The van der Waals surface area contributed by atoms with Crippen LogP contribution in [0.1, 0.15) is 15.9 Å². The lowest BCUT2D eigenvalue weighted by Crippen LogP contribution is -2.13. The summed E-state index contributed by atoms with van der Waals surface area (Å²) >= 11 is 7.95. The van der Waals surface area contributed by atoms with Crippen LogP contribution in [-0.2, 0) is 9.84 Å². The van der Waals surface area contributed by atoms with Crippen LogP contribution in [0, 0.1) is 6.92 Å². The van der Waals surface area contributed by atoms with Gasteiger partial charge in [0.15, 0.2) is 9.84 Å². The molecule has 0 atom stereocenters. The smallest absolute Gasteiger partial charge is 0.256 e. The maximum absolute atomic E-state index is 13.4. The number of hydrogen-bond donors (Lipinski definition) is 1. The summed E-state index contributed by atoms with van der Waals surface area (Å²) in [5.74, 6) is -0.284. The maximum atomic E-state index is 13.4. The highest BCUT2D eigenvalue weighted by Crippen LogP contribution is 2.33. The third kappa shape index (κ3) is 5.59. The van der Waals surface area contributed by atoms with Crippen LogP contribution in [0.2, 0.25) is 5.02 Å². The first-order valence-electron chi connectivity index (χ1n) is 10.7. The number of hydrogen-bond acceptors (Lipinski definition) is 5. The highest BCUT2D eigenvalue weighted by atomic mass is 35.5. The van der Waals surface area contributed by atoms with Gasteiger partial charge >= 0.3 is 0 Å². The predicted octanol–water partition coefficient (Wildman–Crippen LogP) is 6.76. The summed E-state index contributed by atoms with van der Waals surface area (Å²) in [7, 11) is -3.33. The molecule has 4 aromatic rings. The molecule has 5 nitrogen and oxygen atoms in total. The van der Waals surface area contributed by atoms with Crippen LogP contribution in [-0.4, -0.2) is 31.8 Å². The van der Waals surface area contributed by atoms with Crippen molar-refractivity contribution in [1.82, 2.24) is 4.98 Å². The topological polar surface area (TPSA) is 76.1 Å². The minimum Gasteiger partial charge on any atom is -0.322 e. The lowest BCUT2D eigenvalue weighted by molar-refractivity contribution is 0.102. The molecule has 0 aliphatic heterocycles. The van der Waals surface area contributed by atoms with Gasteiger partial charge in [-0.15, -0.1) is 11.8 Å². The van der Waals surface area contributed by atoms with Gasteiger partial charge in [-0.25, -0.2) is 8.42 Å². The first-order chi connectivity index (χ1) is 16.7. The molecule has 8 heteroatoms. The lowest BCUT2D eigenvalue weighted by atomic mass is 9.95. The largest absolute Gasteiger partial charge is 0.322 e. The third-order valence-electron chi connectivity index (χ3n) is 5.55. The van der Waals surface area contributed by atoms with Gasteiger partial charge in [0.1, 0.15) is 0 Å². The second-order valence-electron chi connectivity index (χ2n) is 8.02. The van der Waals surface area contributed by atoms with Gasteiger partial charge in [-0.1, -0.05) is 23.7 Å². The summed E-state index contributed by atoms with van der Waals surface area (Å²) in [6.45, 7) is 1.84. The van der Waals surface area contributed by atoms with Crippen molar-refractivity contribution in [3.05, 3.63) is 95.1 Å². The average Bonchev–Trinajstić information content (AvgIpc) is 2.84. The van der Waals surface area contributed by atoms with E-state index in [0.29, 0.717) is 22.0 Å². The Morgan fingerprint density at radius 3 is 2.40 bits per heavy atom. The molecule has 1 heterocycles. The first-order valence-corrected chi connectivity index (χ1v) is 14.2. The minimum atomic E-state index is -3.33. The molecule has 178 valence electrons. The number of amides is 1. The molecule has 1 amide bonds. The molecule has 3 aromatic carbocycles. The molecule has 35 heavy (non-hydrogen) atoms. The molecule has 0 saturated carbocycles. The fourth-order valence-corrected chi connectivity index (χ4v) is 5.12. The number of aryl methyl sites for hydroxylation is 1. The van der Waals surface area contributed by atoms with Crippen LogP contribution in [0.3, 0.4) is 0 Å². The van der Waals surface area contributed by atoms with Crippen molar-refractivity contribution >= 4 is 44.8 Å². The summed E-state index contributed by atoms with van der Waals surface area (Å²) < 4.78 is 24.0. The highest BCUT2D eigenvalue weighted by molar-refractivity contribution is 7.98. The summed E-state index contributed by atoms with van der Waals surface area (Å²) in [6, 6.07) is 21.4. The van der Waals surface area contributed by atoms with Crippen molar-refractivity contribution < 1.29 is 13.2 Å². The molecule has 1 aromatic heterocycles. The Hall–Kier alpha value is -3.13. The molecule has 0 radical (unpaired) electrons. The van der Waals surface area contributed by atoms with Crippen molar-refractivity contribution in [2.45, 2.75) is 16.7 Å². The summed E-state index contributed by atoms with van der Waals surface area (Å²) in [6.07, 6.45) is 4.83. The predicted molar refractivity (Wildman–Crippen MR) is 144 cm³/mol. The van der Waals surface area contributed by atoms with Crippen LogP contribution in [0.4, 0.5) is 5.69 Å². The second-order valence-corrected chi connectivity index (χ2v) is 11.3. The fraction of sp³-hybridized carbons (Fsp3) is 0.111. The van der Waals surface area contributed by atoms with Crippen LogP contribution >= 0.6 is 23.4 Å². The van der Waals surface area contributed by atoms with E-state index in [1.165, 1.54) is 6.26 Å². The van der Waals surface area contributed by atoms with Crippen LogP contribution in [0.5, 0.6) is 0 Å². The first kappa shape index (κ1) is 25.0. The zero-order chi connectivity index (χ0) is 25.2. The van der Waals surface area contributed by atoms with Crippen molar-refractivity contribution in [3.63, 3.8) is 0 Å². The van der Waals surface area contributed by atoms with E-state index in [-0.39, 0.29) is 10.8 Å². The Kier molecular flexibility index (Phi) is 7.31. The van der Waals surface area contributed by atoms with E-state index in [1.54, 1.807) is 60.4 Å². The molecule has 0 aliphatic rings. The molecule has 0 fully saturated rings. The Labute approximate surface area is 214 Å². The van der Waals surface area contributed by atoms with Crippen molar-refractivity contribution in [2.75, 3.05) is 17.8 Å². The number of anilines is 1. The summed E-state index contributed by atoms with van der Waals surface area (Å²) in [5.41, 5.74) is 4.78. The molecular weight excluding hydrogens is 500 g/mol. The average molecular weight is 523 g/mol. The number of nitrogens with zero attached hydrogens (tertiary/aromatic N) is 1. The Morgan fingerprint density at radius 1 is 0.943 bits per heavy atom. The lowest BCUT2D eigenvalue weighted by Gasteiger charge is -2.15. The summed E-state index contributed by atoms with van der Waals surface area (Å²) in [4.78, 5) is 19.0. The molecule has 0 aliphatic carbocycles. The molecule has 0 bridgehead atoms. The van der Waals surface area contributed by atoms with Crippen molar-refractivity contribution in [2.24, 2.45) is 0 Å². The van der Waals surface area contributed by atoms with Gasteiger partial charge in [-0.3, -0.25) is 9.78 Å². The SMILES string of the molecule is CSc1ccc(C(=O)Nc2ccc(Cl)c(-c3ccccn3)c2)c(-c2ccc(S(C)(=O)=O)cc2C)c1. The summed E-state index contributed by atoms with van der Waals surface area (Å²) in [5, 5.41) is 3.51. The van der Waals surface area contributed by atoms with Crippen molar-refractivity contribution in [1.29, 1.82) is 0 Å². The van der Waals surface area contributed by atoms with E-state index in [1.807, 2.05) is 43.5 Å². The van der Waals surface area contributed by atoms with E-state index >= 15 is 0 Å². The van der Waals surface area contributed by atoms with Gasteiger partial charge < -0.3 is 5.32 Å². The number of thioether (sulfide) groups is 1. The number of benzene rings is 3. The number of pyridine rings is 1. The molecule has 1 N–H and O–H groups in total. The van der Waals surface area contributed by atoms with E-state index in [4.69, 9.17) is 11.6 Å². The van der Waals surface area contributed by atoms with E-state index in [9.17, 15) is 13.2 Å². The van der Waals surface area contributed by atoms with E-state index in [2.05, 4.69) is 10.3 Å². The fourth-order valence-electron chi connectivity index (χ4n) is 3.76. The third-order valence-corrected chi connectivity index (χ3v) is 7.72. The quantitative estimate of drug-likeness (QED) is 0.283. The molecule has 0 unspecified atom stereocenters. The van der Waals surface area contributed by atoms with E-state index in [0.717, 1.165) is 27.1 Å². The van der Waals surface area contributed by atoms with E-state index < -0.39 is 9.84 Å². The van der Waals surface area contributed by atoms with Gasteiger partial charge in [0, 0.05) is 34.2 Å². The molecular formula is C27H23ClN2O3S2. The van der Waals surface area contributed by atoms with Gasteiger partial charge in [0.2, 0.25) is 0 Å². The number of halogens is 1. The number of carbonyl (C=O) groups excluding carboxylic acids is 1. The minimum absolute atomic E-state index is 0.244. The standard InChI is InChI=1S/C27H23ClN2O3S2/c1-17-14-20(35(3,32)33)9-11-21(17)23-16-19(34-2)8-10-22(23)27(31)30-18-7-12-25(28)24(15-18)26-6-4-5-13-29-26/h4-16H,1-3H3,(H,30,31). The van der Waals surface area contributed by atoms with Crippen LogP contribution < -0.4 is 5.32 Å². The van der Waals surface area contributed by atoms with Crippen molar-refractivity contribution in [3.8, 4) is 22.4 Å². The number of sulfone groups is 1. The van der Waals surface area contributed by atoms with Gasteiger partial charge in [-0.2, -0.15) is 0 Å². The number of rotatable bonds is 6. The highest BCUT2D eigenvalue weighted by Gasteiger charge is 2.18. The zero-order valence-electron chi connectivity index (χ0n) is 19.4. The number of carbonyl (C=O) groups is 1. The molecule has 0 spiro atoms. The Morgan fingerprint density at radius 2 is 1.74 bits per heavy atom. The van der Waals surface area contributed by atoms with Gasteiger partial charge in [0.05, 0.1) is 15.6 Å².